The molecule has 0 N–H and O–H groups in total. The van der Waals surface area contributed by atoms with Crippen LogP contribution in [0.1, 0.15) is 11.1 Å². The lowest BCUT2D eigenvalue weighted by molar-refractivity contribution is 1.28. The van der Waals surface area contributed by atoms with Gasteiger partial charge in [-0.1, -0.05) is 0 Å². The van der Waals surface area contributed by atoms with E-state index in [-0.39, 0.29) is 0 Å². The first kappa shape index (κ1) is 9.75. The monoisotopic (exact) mass is 192 g/mol. The first-order chi connectivity index (χ1) is 6.22. The highest BCUT2D eigenvalue weighted by atomic mass is 32.2. The van der Waals surface area contributed by atoms with Crippen molar-refractivity contribution in [2.24, 2.45) is 5.18 Å². The molecule has 0 aliphatic carbocycles. The molecule has 0 aliphatic rings. The van der Waals surface area contributed by atoms with Crippen LogP contribution in [-0.2, 0) is 0 Å². The van der Waals surface area contributed by atoms with Gasteiger partial charge in [-0.2, -0.15) is 5.26 Å². The smallest absolute Gasteiger partial charge is 0.112 e. The van der Waals surface area contributed by atoms with Crippen LogP contribution < -0.4 is 0 Å². The van der Waals surface area contributed by atoms with Crippen LogP contribution in [0.15, 0.2) is 22.2 Å². The summed E-state index contributed by atoms with van der Waals surface area (Å²) in [5.74, 6) is 0. The summed E-state index contributed by atoms with van der Waals surface area (Å²) < 4.78 is 0. The number of aryl methyl sites for hydroxylation is 1. The molecule has 0 radical (unpaired) electrons. The summed E-state index contributed by atoms with van der Waals surface area (Å²) in [5, 5.41) is 11.6. The molecule has 0 bridgehead atoms. The zero-order valence-electron chi connectivity index (χ0n) is 7.37. The predicted molar refractivity (Wildman–Crippen MR) is 53.1 cm³/mol. The third-order valence-corrected chi connectivity index (χ3v) is 2.51. The largest absolute Gasteiger partial charge is 0.192 e. The Balaban J connectivity index is 3.36. The number of benzene rings is 1. The van der Waals surface area contributed by atoms with Crippen LogP contribution in [0.3, 0.4) is 0 Å². The minimum absolute atomic E-state index is 0.342. The molecule has 3 nitrogen and oxygen atoms in total. The highest BCUT2D eigenvalue weighted by Crippen LogP contribution is 2.28. The average Bonchev–Trinajstić information content (AvgIpc) is 2.17. The third kappa shape index (κ3) is 1.87. The fourth-order valence-electron chi connectivity index (χ4n) is 1.02. The molecule has 0 saturated carbocycles. The summed E-state index contributed by atoms with van der Waals surface area (Å²) in [6.07, 6.45) is 1.89. The van der Waals surface area contributed by atoms with Gasteiger partial charge in [-0.3, -0.25) is 0 Å². The number of hydrogen-bond donors (Lipinski definition) is 0. The molecule has 0 unspecified atom stereocenters. The van der Waals surface area contributed by atoms with E-state index in [0.717, 1.165) is 10.5 Å². The van der Waals surface area contributed by atoms with Crippen molar-refractivity contribution < 1.29 is 0 Å². The van der Waals surface area contributed by atoms with E-state index in [1.807, 2.05) is 12.3 Å². The zero-order chi connectivity index (χ0) is 9.84. The van der Waals surface area contributed by atoms with Crippen molar-refractivity contribution in [1.82, 2.24) is 0 Å². The Morgan fingerprint density at radius 2 is 2.23 bits per heavy atom. The minimum Gasteiger partial charge on any atom is -0.192 e. The molecule has 0 spiro atoms. The molecule has 4 heteroatoms. The molecule has 0 aliphatic heterocycles. The molecule has 66 valence electrons. The maximum Gasteiger partial charge on any atom is 0.112 e. The topological polar surface area (TPSA) is 53.2 Å². The zero-order valence-corrected chi connectivity index (χ0v) is 8.18. The standard InChI is InChI=1S/C9H8N2OS/c1-6-3-9(13-2)7(5-10)4-8(6)11-12/h3-4H,1-2H3. The van der Waals surface area contributed by atoms with Gasteiger partial charge in [0.15, 0.2) is 0 Å². The van der Waals surface area contributed by atoms with Crippen LogP contribution in [0.4, 0.5) is 5.69 Å². The average molecular weight is 192 g/mol. The Kier molecular flexibility index (Phi) is 3.04. The van der Waals surface area contributed by atoms with Gasteiger partial charge in [0.05, 0.1) is 5.56 Å². The van der Waals surface area contributed by atoms with E-state index >= 15 is 0 Å². The molecule has 1 aromatic rings. The Bertz CT molecular complexity index is 382. The quantitative estimate of drug-likeness (QED) is 0.534. The maximum absolute atomic E-state index is 10.3. The van der Waals surface area contributed by atoms with Crippen LogP contribution in [0, 0.1) is 23.2 Å². The van der Waals surface area contributed by atoms with Crippen molar-refractivity contribution in [2.45, 2.75) is 11.8 Å². The van der Waals surface area contributed by atoms with Gasteiger partial charge in [-0.25, -0.2) is 0 Å². The molecular weight excluding hydrogens is 184 g/mol. The summed E-state index contributed by atoms with van der Waals surface area (Å²) in [4.78, 5) is 11.2. The summed E-state index contributed by atoms with van der Waals surface area (Å²) >= 11 is 1.49. The fourth-order valence-corrected chi connectivity index (χ4v) is 1.64. The number of thioether (sulfide) groups is 1. The molecule has 0 aromatic heterocycles. The molecular formula is C9H8N2OS. The lowest BCUT2D eigenvalue weighted by atomic mass is 10.1. The molecule has 1 aromatic carbocycles. The van der Waals surface area contributed by atoms with E-state index in [1.165, 1.54) is 17.8 Å². The van der Waals surface area contributed by atoms with E-state index in [1.54, 1.807) is 13.0 Å². The molecule has 1 rings (SSSR count). The highest BCUT2D eigenvalue weighted by molar-refractivity contribution is 7.98. The third-order valence-electron chi connectivity index (χ3n) is 1.74. The van der Waals surface area contributed by atoms with E-state index in [0.29, 0.717) is 11.3 Å². The first-order valence-electron chi connectivity index (χ1n) is 3.65. The lowest BCUT2D eigenvalue weighted by Crippen LogP contribution is -1.83. The molecule has 0 atom stereocenters. The van der Waals surface area contributed by atoms with E-state index in [9.17, 15) is 4.91 Å². The van der Waals surface area contributed by atoms with E-state index < -0.39 is 0 Å². The van der Waals surface area contributed by atoms with Crippen LogP contribution in [0.25, 0.3) is 0 Å². The van der Waals surface area contributed by atoms with Crippen molar-refractivity contribution >= 4 is 17.4 Å². The van der Waals surface area contributed by atoms with Gasteiger partial charge >= 0.3 is 0 Å². The number of nitriles is 1. The maximum atomic E-state index is 10.3. The van der Waals surface area contributed by atoms with Crippen LogP contribution in [-0.4, -0.2) is 6.26 Å². The molecule has 0 saturated heterocycles. The summed E-state index contributed by atoms with van der Waals surface area (Å²) in [5.41, 5.74) is 1.65. The normalized spacial score (nSPS) is 9.31. The second-order valence-electron chi connectivity index (χ2n) is 2.54. The Hall–Kier alpha value is -1.34. The molecule has 0 fully saturated rings. The summed E-state index contributed by atoms with van der Waals surface area (Å²) in [6.45, 7) is 1.80. The Labute approximate surface area is 80.7 Å². The van der Waals surface area contributed by atoms with E-state index in [2.05, 4.69) is 5.18 Å². The van der Waals surface area contributed by atoms with Crippen LogP contribution in [0.5, 0.6) is 0 Å². The van der Waals surface area contributed by atoms with Gasteiger partial charge in [-0.05, 0) is 36.1 Å². The van der Waals surface area contributed by atoms with Gasteiger partial charge < -0.3 is 0 Å². The van der Waals surface area contributed by atoms with Gasteiger partial charge in [-0.15, -0.1) is 16.7 Å². The van der Waals surface area contributed by atoms with Crippen molar-refractivity contribution in [3.8, 4) is 6.07 Å². The van der Waals surface area contributed by atoms with Crippen molar-refractivity contribution in [3.63, 3.8) is 0 Å². The Morgan fingerprint density at radius 1 is 1.54 bits per heavy atom. The minimum atomic E-state index is 0.342. The predicted octanol–water partition coefficient (Wildman–Crippen LogP) is 2.99. The molecule has 0 amide bonds. The van der Waals surface area contributed by atoms with Gasteiger partial charge in [0.1, 0.15) is 11.8 Å². The van der Waals surface area contributed by atoms with Gasteiger partial charge in [0, 0.05) is 4.90 Å². The van der Waals surface area contributed by atoms with Crippen molar-refractivity contribution in [1.29, 1.82) is 5.26 Å². The number of hydrogen-bond acceptors (Lipinski definition) is 4. The van der Waals surface area contributed by atoms with E-state index in [4.69, 9.17) is 5.26 Å². The van der Waals surface area contributed by atoms with Gasteiger partial charge in [0.2, 0.25) is 0 Å². The number of rotatable bonds is 2. The number of nitrogens with zero attached hydrogens (tertiary/aromatic N) is 2. The lowest BCUT2D eigenvalue weighted by Gasteiger charge is -2.02. The highest BCUT2D eigenvalue weighted by Gasteiger charge is 2.06. The summed E-state index contributed by atoms with van der Waals surface area (Å²) in [6, 6.07) is 5.36. The second kappa shape index (κ2) is 4.06. The number of nitroso groups, excluding NO2 is 1. The van der Waals surface area contributed by atoms with Gasteiger partial charge in [0.25, 0.3) is 0 Å². The molecule has 0 heterocycles. The van der Waals surface area contributed by atoms with Crippen LogP contribution >= 0.6 is 11.8 Å². The fraction of sp³-hybridized carbons (Fsp3) is 0.222. The second-order valence-corrected chi connectivity index (χ2v) is 3.39. The first-order valence-corrected chi connectivity index (χ1v) is 4.87. The van der Waals surface area contributed by atoms with Crippen molar-refractivity contribution in [2.75, 3.05) is 6.26 Å². The summed E-state index contributed by atoms with van der Waals surface area (Å²) in [7, 11) is 0. The van der Waals surface area contributed by atoms with Crippen molar-refractivity contribution in [3.05, 3.63) is 28.2 Å². The van der Waals surface area contributed by atoms with Crippen LogP contribution in [0.2, 0.25) is 0 Å². The Morgan fingerprint density at radius 3 is 2.69 bits per heavy atom. The SMILES string of the molecule is CSc1cc(C)c(N=O)cc1C#N. The molecule has 13 heavy (non-hydrogen) atoms.